The van der Waals surface area contributed by atoms with Gasteiger partial charge in [0.2, 0.25) is 5.91 Å². The standard InChI is InChI=1S/C27H33N5O3S2/c1-6-32-23(15-35-19-10-8-18(34-5)9-11-19)30-31-26(32)36-16-24(33)29-25-21(14-28)20-12-7-17(27(2,3)4)13-22(20)37-25/h8-11,17H,6-7,12-13,15-16H2,1-5H3,(H,29,33). The topological polar surface area (TPSA) is 102 Å². The maximum Gasteiger partial charge on any atom is 0.235 e. The Morgan fingerprint density at radius 2 is 2.00 bits per heavy atom. The van der Waals surface area contributed by atoms with E-state index < -0.39 is 0 Å². The summed E-state index contributed by atoms with van der Waals surface area (Å²) in [6, 6.07) is 9.69. The number of nitriles is 1. The Hall–Kier alpha value is -3.03. The van der Waals surface area contributed by atoms with E-state index in [0.717, 1.165) is 30.6 Å². The van der Waals surface area contributed by atoms with Gasteiger partial charge in [0, 0.05) is 11.4 Å². The summed E-state index contributed by atoms with van der Waals surface area (Å²) in [5, 5.41) is 22.6. The van der Waals surface area contributed by atoms with Crippen LogP contribution in [0, 0.1) is 22.7 Å². The van der Waals surface area contributed by atoms with Crippen LogP contribution in [0.4, 0.5) is 5.00 Å². The van der Waals surface area contributed by atoms with Crippen LogP contribution in [0.2, 0.25) is 0 Å². The first-order valence-corrected chi connectivity index (χ1v) is 14.2. The zero-order valence-corrected chi connectivity index (χ0v) is 23.6. The molecule has 0 saturated carbocycles. The molecule has 10 heteroatoms. The summed E-state index contributed by atoms with van der Waals surface area (Å²) in [7, 11) is 1.62. The lowest BCUT2D eigenvalue weighted by Crippen LogP contribution is -2.26. The zero-order valence-electron chi connectivity index (χ0n) is 22.0. The van der Waals surface area contributed by atoms with Gasteiger partial charge in [-0.15, -0.1) is 21.5 Å². The zero-order chi connectivity index (χ0) is 26.6. The van der Waals surface area contributed by atoms with Gasteiger partial charge in [-0.2, -0.15) is 5.26 Å². The number of hydrogen-bond donors (Lipinski definition) is 1. The number of aromatic nitrogens is 3. The average molecular weight is 540 g/mol. The van der Waals surface area contributed by atoms with Crippen LogP contribution in [0.1, 0.15) is 55.9 Å². The van der Waals surface area contributed by atoms with Crippen molar-refractivity contribution in [3.8, 4) is 17.6 Å². The minimum absolute atomic E-state index is 0.158. The van der Waals surface area contributed by atoms with Gasteiger partial charge in [-0.3, -0.25) is 4.79 Å². The van der Waals surface area contributed by atoms with Crippen molar-refractivity contribution in [2.45, 2.75) is 65.3 Å². The molecule has 1 atom stereocenters. The van der Waals surface area contributed by atoms with Crippen LogP contribution in [-0.4, -0.2) is 33.5 Å². The number of nitrogens with zero attached hydrogens (tertiary/aromatic N) is 4. The fourth-order valence-electron chi connectivity index (χ4n) is 4.49. The van der Waals surface area contributed by atoms with Crippen molar-refractivity contribution in [2.75, 3.05) is 18.2 Å². The highest BCUT2D eigenvalue weighted by molar-refractivity contribution is 7.99. The molecular weight excluding hydrogens is 506 g/mol. The van der Waals surface area contributed by atoms with Crippen molar-refractivity contribution in [1.82, 2.24) is 14.8 Å². The van der Waals surface area contributed by atoms with E-state index in [-0.39, 0.29) is 23.7 Å². The highest BCUT2D eigenvalue weighted by Gasteiger charge is 2.32. The quantitative estimate of drug-likeness (QED) is 0.348. The third-order valence-corrected chi connectivity index (χ3v) is 8.86. The molecule has 3 aromatic rings. The Balaban J connectivity index is 1.37. The molecule has 1 aliphatic rings. The summed E-state index contributed by atoms with van der Waals surface area (Å²) < 4.78 is 13.0. The summed E-state index contributed by atoms with van der Waals surface area (Å²) >= 11 is 2.88. The summed E-state index contributed by atoms with van der Waals surface area (Å²) in [5.74, 6) is 2.75. The van der Waals surface area contributed by atoms with Crippen LogP contribution in [0.3, 0.4) is 0 Å². The second kappa shape index (κ2) is 11.6. The van der Waals surface area contributed by atoms with Gasteiger partial charge in [-0.1, -0.05) is 32.5 Å². The summed E-state index contributed by atoms with van der Waals surface area (Å²) in [6.45, 7) is 9.74. The number of carbonyl (C=O) groups is 1. The Kier molecular flexibility index (Phi) is 8.45. The molecule has 1 aromatic carbocycles. The molecule has 2 heterocycles. The Morgan fingerprint density at radius 1 is 1.27 bits per heavy atom. The van der Waals surface area contributed by atoms with Gasteiger partial charge in [0.25, 0.3) is 0 Å². The number of fused-ring (bicyclic) bond motifs is 1. The number of nitrogens with one attached hydrogen (secondary N) is 1. The number of methoxy groups -OCH3 is 1. The normalized spacial score (nSPS) is 15.1. The van der Waals surface area contributed by atoms with Gasteiger partial charge in [0.15, 0.2) is 11.0 Å². The minimum Gasteiger partial charge on any atom is -0.497 e. The van der Waals surface area contributed by atoms with Crippen molar-refractivity contribution < 1.29 is 14.3 Å². The van der Waals surface area contributed by atoms with Crippen LogP contribution >= 0.6 is 23.1 Å². The minimum atomic E-state index is -0.158. The maximum atomic E-state index is 12.8. The summed E-state index contributed by atoms with van der Waals surface area (Å²) in [5.41, 5.74) is 1.96. The Labute approximate surface area is 226 Å². The molecule has 0 bridgehead atoms. The molecule has 0 spiro atoms. The monoisotopic (exact) mass is 539 g/mol. The molecule has 2 aromatic heterocycles. The van der Waals surface area contributed by atoms with Gasteiger partial charge in [0.1, 0.15) is 29.2 Å². The molecule has 1 N–H and O–H groups in total. The summed E-state index contributed by atoms with van der Waals surface area (Å²) in [6.07, 6.45) is 2.92. The number of hydrogen-bond acceptors (Lipinski definition) is 8. The second-order valence-corrected chi connectivity index (χ2v) is 12.1. The van der Waals surface area contributed by atoms with Gasteiger partial charge < -0.3 is 19.4 Å². The van der Waals surface area contributed by atoms with Crippen LogP contribution in [0.15, 0.2) is 29.4 Å². The van der Waals surface area contributed by atoms with E-state index in [1.807, 2.05) is 35.8 Å². The van der Waals surface area contributed by atoms with Crippen molar-refractivity contribution >= 4 is 34.0 Å². The number of thiophene rings is 1. The molecule has 0 saturated heterocycles. The molecule has 1 aliphatic carbocycles. The number of thioether (sulfide) groups is 1. The van der Waals surface area contributed by atoms with Crippen molar-refractivity contribution in [3.05, 3.63) is 46.1 Å². The van der Waals surface area contributed by atoms with E-state index in [0.29, 0.717) is 39.8 Å². The molecule has 196 valence electrons. The predicted octanol–water partition coefficient (Wildman–Crippen LogP) is 5.70. The Morgan fingerprint density at radius 3 is 2.65 bits per heavy atom. The van der Waals surface area contributed by atoms with E-state index in [2.05, 4.69) is 42.4 Å². The number of carbonyl (C=O) groups excluding carboxylic acids is 1. The first kappa shape index (κ1) is 27.0. The third-order valence-electron chi connectivity index (χ3n) is 6.72. The second-order valence-electron chi connectivity index (χ2n) is 10.1. The smallest absolute Gasteiger partial charge is 0.235 e. The SMILES string of the molecule is CCn1c(COc2ccc(OC)cc2)nnc1SCC(=O)Nc1sc2c(c1C#N)CCC(C(C)(C)C)C2. The Bertz CT molecular complexity index is 1290. The van der Waals surface area contributed by atoms with E-state index in [1.165, 1.54) is 16.6 Å². The lowest BCUT2D eigenvalue weighted by molar-refractivity contribution is -0.113. The van der Waals surface area contributed by atoms with Gasteiger partial charge >= 0.3 is 0 Å². The third kappa shape index (κ3) is 6.28. The van der Waals surface area contributed by atoms with E-state index >= 15 is 0 Å². The van der Waals surface area contributed by atoms with E-state index in [9.17, 15) is 10.1 Å². The van der Waals surface area contributed by atoms with Crippen molar-refractivity contribution in [1.29, 1.82) is 5.26 Å². The van der Waals surface area contributed by atoms with E-state index in [4.69, 9.17) is 9.47 Å². The molecule has 0 aliphatic heterocycles. The van der Waals surface area contributed by atoms with Crippen molar-refractivity contribution in [3.63, 3.8) is 0 Å². The number of anilines is 1. The van der Waals surface area contributed by atoms with Gasteiger partial charge in [0.05, 0.1) is 18.4 Å². The first-order chi connectivity index (χ1) is 17.7. The molecule has 4 rings (SSSR count). The van der Waals surface area contributed by atoms with E-state index in [1.54, 1.807) is 18.4 Å². The fourth-order valence-corrected chi connectivity index (χ4v) is 6.61. The van der Waals surface area contributed by atoms with Gasteiger partial charge in [-0.05, 0) is 67.3 Å². The lowest BCUT2D eigenvalue weighted by Gasteiger charge is -2.33. The van der Waals surface area contributed by atoms with Gasteiger partial charge in [-0.25, -0.2) is 0 Å². The van der Waals surface area contributed by atoms with Crippen LogP contribution in [0.25, 0.3) is 0 Å². The number of amides is 1. The maximum absolute atomic E-state index is 12.8. The molecular formula is C27H33N5O3S2. The van der Waals surface area contributed by atoms with Crippen LogP contribution < -0.4 is 14.8 Å². The largest absolute Gasteiger partial charge is 0.497 e. The number of rotatable bonds is 9. The number of benzene rings is 1. The van der Waals surface area contributed by atoms with Crippen molar-refractivity contribution in [2.24, 2.45) is 11.3 Å². The van der Waals surface area contributed by atoms with Crippen LogP contribution in [-0.2, 0) is 30.8 Å². The molecule has 0 radical (unpaired) electrons. The number of ether oxygens (including phenoxy) is 2. The summed E-state index contributed by atoms with van der Waals surface area (Å²) in [4.78, 5) is 14.1. The highest BCUT2D eigenvalue weighted by Crippen LogP contribution is 2.44. The van der Waals surface area contributed by atoms with Crippen LogP contribution in [0.5, 0.6) is 11.5 Å². The first-order valence-electron chi connectivity index (χ1n) is 12.4. The lowest BCUT2D eigenvalue weighted by atomic mass is 9.72. The average Bonchev–Trinajstić information content (AvgIpc) is 3.44. The highest BCUT2D eigenvalue weighted by atomic mass is 32.2. The molecule has 37 heavy (non-hydrogen) atoms. The molecule has 8 nitrogen and oxygen atoms in total. The fraction of sp³-hybridized carbons (Fsp3) is 0.481. The predicted molar refractivity (Wildman–Crippen MR) is 146 cm³/mol. The molecule has 1 amide bonds. The molecule has 1 unspecified atom stereocenters. The molecule has 0 fully saturated rings.